The fraction of sp³-hybridized carbons (Fsp3) is 0.474. The lowest BCUT2D eigenvalue weighted by atomic mass is 9.94. The Labute approximate surface area is 153 Å². The van der Waals surface area contributed by atoms with Crippen LogP contribution in [-0.4, -0.2) is 38.5 Å². The lowest BCUT2D eigenvalue weighted by molar-refractivity contribution is -0.117. The fourth-order valence-corrected chi connectivity index (χ4v) is 2.84. The molecule has 1 atom stereocenters. The molecule has 2 rings (SSSR count). The van der Waals surface area contributed by atoms with E-state index in [0.29, 0.717) is 42.6 Å². The molecule has 0 saturated carbocycles. The Morgan fingerprint density at radius 2 is 2.00 bits per heavy atom. The molecule has 7 nitrogen and oxygen atoms in total. The van der Waals surface area contributed by atoms with Gasteiger partial charge in [0.2, 0.25) is 5.91 Å². The summed E-state index contributed by atoms with van der Waals surface area (Å²) >= 11 is 0. The summed E-state index contributed by atoms with van der Waals surface area (Å²) in [6.07, 6.45) is 0.641. The van der Waals surface area contributed by atoms with Crippen LogP contribution in [0, 0.1) is 13.8 Å². The molecule has 7 heteroatoms. The first-order chi connectivity index (χ1) is 12.5. The number of amides is 1. The van der Waals surface area contributed by atoms with Crippen LogP contribution >= 0.6 is 0 Å². The van der Waals surface area contributed by atoms with Gasteiger partial charge in [-0.1, -0.05) is 12.1 Å². The minimum atomic E-state index is -0.332. The summed E-state index contributed by atoms with van der Waals surface area (Å²) in [5, 5.41) is 6.89. The highest BCUT2D eigenvalue weighted by atomic mass is 16.5. The molecular formula is C19H26N2O5. The average Bonchev–Trinajstić information content (AvgIpc) is 2.95. The van der Waals surface area contributed by atoms with Crippen LogP contribution in [0.15, 0.2) is 22.7 Å². The van der Waals surface area contributed by atoms with E-state index in [-0.39, 0.29) is 11.8 Å². The summed E-state index contributed by atoms with van der Waals surface area (Å²) in [5.74, 6) is 1.36. The number of hydrogen-bond donors (Lipinski definition) is 1. The van der Waals surface area contributed by atoms with Crippen molar-refractivity contribution in [2.24, 2.45) is 0 Å². The number of anilines is 1. The van der Waals surface area contributed by atoms with Crippen molar-refractivity contribution in [1.29, 1.82) is 0 Å². The smallest absolute Gasteiger partial charge is 0.232 e. The van der Waals surface area contributed by atoms with Gasteiger partial charge in [0.15, 0.2) is 11.5 Å². The Balaban J connectivity index is 2.18. The summed E-state index contributed by atoms with van der Waals surface area (Å²) in [5.41, 5.74) is 2.21. The van der Waals surface area contributed by atoms with Crippen LogP contribution in [0.5, 0.6) is 11.5 Å². The maximum atomic E-state index is 12.8. The van der Waals surface area contributed by atoms with Gasteiger partial charge in [-0.05, 0) is 32.4 Å². The molecule has 0 spiro atoms. The van der Waals surface area contributed by atoms with E-state index in [1.165, 1.54) is 0 Å². The van der Waals surface area contributed by atoms with Crippen molar-refractivity contribution in [1.82, 2.24) is 5.16 Å². The van der Waals surface area contributed by atoms with Gasteiger partial charge in [-0.25, -0.2) is 0 Å². The number of hydrogen-bond acceptors (Lipinski definition) is 6. The molecule has 0 radical (unpaired) electrons. The van der Waals surface area contributed by atoms with Crippen molar-refractivity contribution in [2.75, 3.05) is 32.8 Å². The van der Waals surface area contributed by atoms with Crippen molar-refractivity contribution in [3.63, 3.8) is 0 Å². The van der Waals surface area contributed by atoms with Crippen molar-refractivity contribution in [2.45, 2.75) is 33.1 Å². The molecule has 0 fully saturated rings. The number of aromatic nitrogens is 1. The van der Waals surface area contributed by atoms with Gasteiger partial charge < -0.3 is 24.1 Å². The van der Waals surface area contributed by atoms with Gasteiger partial charge in [-0.3, -0.25) is 4.79 Å². The second kappa shape index (κ2) is 9.24. The molecule has 1 aromatic heterocycles. The normalized spacial score (nSPS) is 11.9. The van der Waals surface area contributed by atoms with Crippen LogP contribution in [0.3, 0.4) is 0 Å². The third-order valence-corrected chi connectivity index (χ3v) is 4.14. The molecule has 0 aliphatic rings. The highest BCUT2D eigenvalue weighted by Gasteiger charge is 2.26. The third kappa shape index (κ3) is 4.54. The van der Waals surface area contributed by atoms with Crippen LogP contribution in [0.25, 0.3) is 0 Å². The molecule has 0 saturated heterocycles. The van der Waals surface area contributed by atoms with E-state index >= 15 is 0 Å². The van der Waals surface area contributed by atoms with Gasteiger partial charge in [0.05, 0.1) is 25.3 Å². The summed E-state index contributed by atoms with van der Waals surface area (Å²) in [7, 11) is 3.18. The highest BCUT2D eigenvalue weighted by Crippen LogP contribution is 2.32. The summed E-state index contributed by atoms with van der Waals surface area (Å²) in [6.45, 7) is 6.48. The van der Waals surface area contributed by atoms with E-state index < -0.39 is 0 Å². The maximum absolute atomic E-state index is 12.8. The molecule has 1 N–H and O–H groups in total. The van der Waals surface area contributed by atoms with Crippen molar-refractivity contribution in [3.05, 3.63) is 35.2 Å². The number of ether oxygens (including phenoxy) is 3. The first kappa shape index (κ1) is 19.8. The van der Waals surface area contributed by atoms with Crippen LogP contribution in [0.1, 0.15) is 36.3 Å². The molecule has 142 valence electrons. The van der Waals surface area contributed by atoms with Crippen LogP contribution in [-0.2, 0) is 9.53 Å². The Kier molecular flexibility index (Phi) is 7.03. The molecule has 0 aliphatic heterocycles. The molecule has 0 aliphatic carbocycles. The number of rotatable bonds is 9. The minimum Gasteiger partial charge on any atom is -0.493 e. The first-order valence-corrected chi connectivity index (χ1v) is 8.55. The Hall–Kier alpha value is -2.54. The van der Waals surface area contributed by atoms with E-state index in [1.54, 1.807) is 32.4 Å². The van der Waals surface area contributed by atoms with E-state index in [0.717, 1.165) is 11.3 Å². The van der Waals surface area contributed by atoms with Crippen LogP contribution < -0.4 is 14.8 Å². The minimum absolute atomic E-state index is 0.116. The Bertz CT molecular complexity index is 722. The van der Waals surface area contributed by atoms with Crippen molar-refractivity contribution in [3.8, 4) is 11.5 Å². The largest absolute Gasteiger partial charge is 0.493 e. The van der Waals surface area contributed by atoms with E-state index in [1.807, 2.05) is 20.8 Å². The SMILES string of the molecule is CCC(C(=O)Nc1ccc(OC)c(OCCOC)c1)c1c(C)noc1C. The standard InChI is InChI=1S/C19H26N2O5/c1-6-15(18-12(2)21-26-13(18)3)19(22)20-14-7-8-16(24-5)17(11-14)25-10-9-23-4/h7-8,11,15H,6,9-10H2,1-5H3,(H,20,22). The number of carbonyl (C=O) groups is 1. The number of nitrogens with one attached hydrogen (secondary N) is 1. The van der Waals surface area contributed by atoms with Gasteiger partial charge in [0.1, 0.15) is 12.4 Å². The second-order valence-electron chi connectivity index (χ2n) is 5.89. The van der Waals surface area contributed by atoms with Gasteiger partial charge in [0, 0.05) is 24.4 Å². The van der Waals surface area contributed by atoms with Gasteiger partial charge >= 0.3 is 0 Å². The molecule has 1 unspecified atom stereocenters. The predicted octanol–water partition coefficient (Wildman–Crippen LogP) is 3.46. The molecular weight excluding hydrogens is 336 g/mol. The monoisotopic (exact) mass is 362 g/mol. The number of aryl methyl sites for hydroxylation is 2. The topological polar surface area (TPSA) is 82.8 Å². The fourth-order valence-electron chi connectivity index (χ4n) is 2.84. The molecule has 2 aromatic rings. The summed E-state index contributed by atoms with van der Waals surface area (Å²) in [4.78, 5) is 12.8. The van der Waals surface area contributed by atoms with Crippen LogP contribution in [0.2, 0.25) is 0 Å². The van der Waals surface area contributed by atoms with Gasteiger partial charge in [-0.2, -0.15) is 0 Å². The third-order valence-electron chi connectivity index (χ3n) is 4.14. The quantitative estimate of drug-likeness (QED) is 0.688. The highest BCUT2D eigenvalue weighted by molar-refractivity contribution is 5.96. The number of carbonyl (C=O) groups excluding carboxylic acids is 1. The number of methoxy groups -OCH3 is 2. The van der Waals surface area contributed by atoms with E-state index in [9.17, 15) is 4.79 Å². The molecule has 1 aromatic carbocycles. The summed E-state index contributed by atoms with van der Waals surface area (Å²) in [6, 6.07) is 5.28. The molecule has 0 bridgehead atoms. The lowest BCUT2D eigenvalue weighted by Gasteiger charge is -2.16. The molecule has 26 heavy (non-hydrogen) atoms. The molecule has 1 heterocycles. The lowest BCUT2D eigenvalue weighted by Crippen LogP contribution is -2.21. The number of benzene rings is 1. The van der Waals surface area contributed by atoms with Gasteiger partial charge in [0.25, 0.3) is 0 Å². The zero-order chi connectivity index (χ0) is 19.1. The Morgan fingerprint density at radius 1 is 1.23 bits per heavy atom. The average molecular weight is 362 g/mol. The molecule has 1 amide bonds. The van der Waals surface area contributed by atoms with Crippen molar-refractivity contribution < 1.29 is 23.5 Å². The first-order valence-electron chi connectivity index (χ1n) is 8.55. The summed E-state index contributed by atoms with van der Waals surface area (Å²) < 4.78 is 21.2. The van der Waals surface area contributed by atoms with Crippen molar-refractivity contribution >= 4 is 11.6 Å². The zero-order valence-corrected chi connectivity index (χ0v) is 15.9. The van der Waals surface area contributed by atoms with Gasteiger partial charge in [-0.15, -0.1) is 0 Å². The second-order valence-corrected chi connectivity index (χ2v) is 5.89. The zero-order valence-electron chi connectivity index (χ0n) is 15.9. The Morgan fingerprint density at radius 3 is 2.58 bits per heavy atom. The predicted molar refractivity (Wildman–Crippen MR) is 98.0 cm³/mol. The number of nitrogens with zero attached hydrogens (tertiary/aromatic N) is 1. The maximum Gasteiger partial charge on any atom is 0.232 e. The van der Waals surface area contributed by atoms with E-state index in [4.69, 9.17) is 18.7 Å². The van der Waals surface area contributed by atoms with Crippen LogP contribution in [0.4, 0.5) is 5.69 Å². The van der Waals surface area contributed by atoms with E-state index in [2.05, 4.69) is 10.5 Å².